The maximum absolute atomic E-state index is 10.4. The van der Waals surface area contributed by atoms with Gasteiger partial charge in [0.05, 0.1) is 62.7 Å². The van der Waals surface area contributed by atoms with E-state index in [9.17, 15) is 15.8 Å². The van der Waals surface area contributed by atoms with Gasteiger partial charge < -0.3 is 9.13 Å². The second kappa shape index (κ2) is 11.4. The molecule has 0 atom stereocenters. The molecule has 5 nitrogen and oxygen atoms in total. The van der Waals surface area contributed by atoms with Crippen LogP contribution in [0.1, 0.15) is 16.7 Å². The Morgan fingerprint density at radius 2 is 0.920 bits per heavy atom. The molecule has 0 radical (unpaired) electrons. The third kappa shape index (κ3) is 4.38. The van der Waals surface area contributed by atoms with Crippen LogP contribution < -0.4 is 0 Å². The summed E-state index contributed by atoms with van der Waals surface area (Å²) in [6.45, 7) is 0. The molecule has 50 heavy (non-hydrogen) atoms. The van der Waals surface area contributed by atoms with Crippen LogP contribution in [-0.2, 0) is 0 Å². The SMILES string of the molecule is N#Cc1ccc(-n2c3ccccc3c3cc(C#N)ccc32)c(-c2ccc(-c3ccc(-n4c5ccccc5c5ccccc54)cc3)c(C#N)c2)c1. The van der Waals surface area contributed by atoms with Crippen molar-refractivity contribution in [3.8, 4) is 51.8 Å². The van der Waals surface area contributed by atoms with Gasteiger partial charge in [-0.1, -0.05) is 78.9 Å². The minimum absolute atomic E-state index is 0.527. The third-order valence-electron chi connectivity index (χ3n) is 9.64. The van der Waals surface area contributed by atoms with E-state index < -0.39 is 0 Å². The van der Waals surface area contributed by atoms with E-state index in [0.717, 1.165) is 66.5 Å². The van der Waals surface area contributed by atoms with E-state index in [-0.39, 0.29) is 0 Å². The molecule has 0 aliphatic heterocycles. The molecule has 0 aliphatic rings. The van der Waals surface area contributed by atoms with Crippen molar-refractivity contribution in [1.29, 1.82) is 15.8 Å². The molecule has 2 heterocycles. The van der Waals surface area contributed by atoms with Gasteiger partial charge in [-0.3, -0.25) is 0 Å². The second-order valence-electron chi connectivity index (χ2n) is 12.3. The second-order valence-corrected chi connectivity index (χ2v) is 12.3. The standard InChI is InChI=1S/C45H25N5/c46-26-29-13-21-44(50-43-12-6-3-9-38(43)40-24-30(27-47)14-22-45(40)50)39(23-29)32-17-20-35(33(25-32)28-48)31-15-18-34(19-16-31)49-41-10-4-1-7-36(41)37-8-2-5-11-42(37)49/h1-25H. The van der Waals surface area contributed by atoms with Crippen molar-refractivity contribution in [2.75, 3.05) is 0 Å². The van der Waals surface area contributed by atoms with Crippen LogP contribution in [0, 0.1) is 34.0 Å². The lowest BCUT2D eigenvalue weighted by Crippen LogP contribution is -1.99. The highest BCUT2D eigenvalue weighted by Crippen LogP contribution is 2.39. The summed E-state index contributed by atoms with van der Waals surface area (Å²) in [5.74, 6) is 0. The van der Waals surface area contributed by atoms with Crippen molar-refractivity contribution in [2.45, 2.75) is 0 Å². The van der Waals surface area contributed by atoms with Gasteiger partial charge in [-0.05, 0) is 89.5 Å². The summed E-state index contributed by atoms with van der Waals surface area (Å²) in [5.41, 5.74) is 11.3. The molecule has 5 heteroatoms. The van der Waals surface area contributed by atoms with Crippen molar-refractivity contribution in [2.24, 2.45) is 0 Å². The first kappa shape index (κ1) is 28.8. The molecule has 7 aromatic carbocycles. The Kier molecular flexibility index (Phi) is 6.56. The maximum atomic E-state index is 10.4. The van der Waals surface area contributed by atoms with Crippen LogP contribution >= 0.6 is 0 Å². The first-order valence-electron chi connectivity index (χ1n) is 16.3. The molecule has 9 rings (SSSR count). The smallest absolute Gasteiger partial charge is 0.0998 e. The zero-order chi connectivity index (χ0) is 33.8. The molecule has 0 bridgehead atoms. The number of hydrogen-bond donors (Lipinski definition) is 0. The molecule has 0 saturated carbocycles. The van der Waals surface area contributed by atoms with Crippen molar-refractivity contribution in [1.82, 2.24) is 9.13 Å². The van der Waals surface area contributed by atoms with Crippen LogP contribution in [0.3, 0.4) is 0 Å². The van der Waals surface area contributed by atoms with Crippen molar-refractivity contribution >= 4 is 43.6 Å². The summed E-state index contributed by atoms with van der Waals surface area (Å²) < 4.78 is 4.46. The fourth-order valence-electron chi connectivity index (χ4n) is 7.38. The summed E-state index contributed by atoms with van der Waals surface area (Å²) >= 11 is 0. The quantitative estimate of drug-likeness (QED) is 0.193. The fraction of sp³-hybridized carbons (Fsp3) is 0. The minimum atomic E-state index is 0.527. The highest BCUT2D eigenvalue weighted by Gasteiger charge is 2.18. The number of nitriles is 3. The Morgan fingerprint density at radius 3 is 1.56 bits per heavy atom. The van der Waals surface area contributed by atoms with E-state index in [4.69, 9.17) is 0 Å². The van der Waals surface area contributed by atoms with E-state index in [1.54, 1.807) is 0 Å². The van der Waals surface area contributed by atoms with Gasteiger partial charge >= 0.3 is 0 Å². The number of rotatable bonds is 4. The van der Waals surface area contributed by atoms with Gasteiger partial charge in [-0.2, -0.15) is 15.8 Å². The van der Waals surface area contributed by atoms with Crippen molar-refractivity contribution < 1.29 is 0 Å². The Hall–Kier alpha value is -7.39. The lowest BCUT2D eigenvalue weighted by Gasteiger charge is -2.16. The first-order valence-corrected chi connectivity index (χ1v) is 16.3. The van der Waals surface area contributed by atoms with Gasteiger partial charge in [-0.15, -0.1) is 0 Å². The van der Waals surface area contributed by atoms with E-state index in [2.05, 4.69) is 112 Å². The maximum Gasteiger partial charge on any atom is 0.0998 e. The molecule has 9 aromatic rings. The van der Waals surface area contributed by atoms with Crippen molar-refractivity contribution in [3.63, 3.8) is 0 Å². The topological polar surface area (TPSA) is 81.2 Å². The van der Waals surface area contributed by atoms with Gasteiger partial charge in [0.15, 0.2) is 0 Å². The molecule has 0 aliphatic carbocycles. The summed E-state index contributed by atoms with van der Waals surface area (Å²) in [7, 11) is 0. The number of nitrogens with zero attached hydrogens (tertiary/aromatic N) is 5. The Labute approximate surface area is 287 Å². The Bertz CT molecular complexity index is 2900. The molecule has 0 N–H and O–H groups in total. The number of benzene rings is 7. The number of aromatic nitrogens is 2. The Morgan fingerprint density at radius 1 is 0.380 bits per heavy atom. The number of para-hydroxylation sites is 3. The van der Waals surface area contributed by atoms with Crippen molar-refractivity contribution in [3.05, 3.63) is 168 Å². The first-order chi connectivity index (χ1) is 24.7. The number of hydrogen-bond acceptors (Lipinski definition) is 3. The lowest BCUT2D eigenvalue weighted by molar-refractivity contribution is 1.18. The zero-order valence-electron chi connectivity index (χ0n) is 26.7. The van der Waals surface area contributed by atoms with Crippen LogP contribution in [0.5, 0.6) is 0 Å². The molecular weight excluding hydrogens is 611 g/mol. The monoisotopic (exact) mass is 635 g/mol. The summed E-state index contributed by atoms with van der Waals surface area (Å²) in [6.07, 6.45) is 0. The molecule has 230 valence electrons. The predicted molar refractivity (Wildman–Crippen MR) is 200 cm³/mol. The molecule has 0 amide bonds. The van der Waals surface area contributed by atoms with Crippen LogP contribution in [0.4, 0.5) is 0 Å². The molecule has 2 aromatic heterocycles. The largest absolute Gasteiger partial charge is 0.309 e. The van der Waals surface area contributed by atoms with Crippen LogP contribution in [0.25, 0.3) is 77.2 Å². The predicted octanol–water partition coefficient (Wildman–Crippen LogP) is 10.8. The summed E-state index contributed by atoms with van der Waals surface area (Å²) in [6, 6.07) is 57.7. The Balaban J connectivity index is 1.17. The molecule has 0 saturated heterocycles. The van der Waals surface area contributed by atoms with Gasteiger partial charge in [-0.25, -0.2) is 0 Å². The van der Waals surface area contributed by atoms with Gasteiger partial charge in [0, 0.05) is 32.8 Å². The van der Waals surface area contributed by atoms with E-state index in [0.29, 0.717) is 16.7 Å². The van der Waals surface area contributed by atoms with E-state index in [1.165, 1.54) is 10.8 Å². The zero-order valence-corrected chi connectivity index (χ0v) is 26.7. The highest BCUT2D eigenvalue weighted by atomic mass is 15.0. The van der Waals surface area contributed by atoms with Gasteiger partial charge in [0.2, 0.25) is 0 Å². The highest BCUT2D eigenvalue weighted by molar-refractivity contribution is 6.11. The van der Waals surface area contributed by atoms with Gasteiger partial charge in [0.1, 0.15) is 0 Å². The minimum Gasteiger partial charge on any atom is -0.309 e. The van der Waals surface area contributed by atoms with Crippen LogP contribution in [0.2, 0.25) is 0 Å². The average Bonchev–Trinajstić information content (AvgIpc) is 3.70. The van der Waals surface area contributed by atoms with E-state index in [1.807, 2.05) is 66.7 Å². The molecular formula is C45H25N5. The molecule has 0 spiro atoms. The van der Waals surface area contributed by atoms with Crippen LogP contribution in [0.15, 0.2) is 152 Å². The lowest BCUT2D eigenvalue weighted by atomic mass is 9.94. The normalized spacial score (nSPS) is 11.1. The summed E-state index contributed by atoms with van der Waals surface area (Å²) in [4.78, 5) is 0. The number of fused-ring (bicyclic) bond motifs is 6. The third-order valence-corrected chi connectivity index (χ3v) is 9.64. The van der Waals surface area contributed by atoms with E-state index >= 15 is 0 Å². The fourth-order valence-corrected chi connectivity index (χ4v) is 7.38. The average molecular weight is 636 g/mol. The van der Waals surface area contributed by atoms with Crippen LogP contribution in [-0.4, -0.2) is 9.13 Å². The van der Waals surface area contributed by atoms with Gasteiger partial charge in [0.25, 0.3) is 0 Å². The molecule has 0 fully saturated rings. The summed E-state index contributed by atoms with van der Waals surface area (Å²) in [5, 5.41) is 34.4. The molecule has 0 unspecified atom stereocenters.